The highest BCUT2D eigenvalue weighted by molar-refractivity contribution is 6.18. The van der Waals surface area contributed by atoms with Gasteiger partial charge in [-0.2, -0.15) is 0 Å². The summed E-state index contributed by atoms with van der Waals surface area (Å²) in [5.41, 5.74) is 0.792. The second-order valence-electron chi connectivity index (χ2n) is 3.23. The van der Waals surface area contributed by atoms with Crippen molar-refractivity contribution in [3.05, 3.63) is 47.8 Å². The third kappa shape index (κ3) is 4.94. The van der Waals surface area contributed by atoms with Crippen LogP contribution in [0, 0.1) is 5.82 Å². The Labute approximate surface area is 99.1 Å². The summed E-state index contributed by atoms with van der Waals surface area (Å²) in [5.74, 6) is 0.0495. The van der Waals surface area contributed by atoms with Gasteiger partial charge in [0.2, 0.25) is 5.91 Å². The lowest BCUT2D eigenvalue weighted by atomic mass is 10.1. The quantitative estimate of drug-likeness (QED) is 0.622. The van der Waals surface area contributed by atoms with Gasteiger partial charge < -0.3 is 5.32 Å². The third-order valence-electron chi connectivity index (χ3n) is 1.95. The fourth-order valence-electron chi connectivity index (χ4n) is 1.17. The number of nitrogens with one attached hydrogen (secondary N) is 1. The Morgan fingerprint density at radius 2 is 2.00 bits per heavy atom. The first-order chi connectivity index (χ1) is 7.72. The van der Waals surface area contributed by atoms with Gasteiger partial charge in [0.15, 0.2) is 0 Å². The Morgan fingerprint density at radius 3 is 2.62 bits per heavy atom. The van der Waals surface area contributed by atoms with Crippen LogP contribution in [0.2, 0.25) is 0 Å². The number of carbonyl (C=O) groups is 1. The van der Waals surface area contributed by atoms with E-state index in [2.05, 4.69) is 5.32 Å². The van der Waals surface area contributed by atoms with Crippen LogP contribution >= 0.6 is 11.6 Å². The van der Waals surface area contributed by atoms with Gasteiger partial charge in [0, 0.05) is 12.4 Å². The number of amides is 1. The van der Waals surface area contributed by atoms with Gasteiger partial charge in [-0.15, -0.1) is 11.6 Å². The summed E-state index contributed by atoms with van der Waals surface area (Å²) in [6, 6.07) is 5.89. The molecule has 0 aliphatic heterocycles. The molecule has 4 heteroatoms. The van der Waals surface area contributed by atoms with Crippen LogP contribution in [0.1, 0.15) is 5.56 Å². The second kappa shape index (κ2) is 7.01. The normalized spacial score (nSPS) is 10.6. The number of alkyl halides is 1. The molecule has 1 aromatic carbocycles. The first kappa shape index (κ1) is 12.7. The molecular weight excluding hydrogens is 229 g/mol. The minimum atomic E-state index is -0.297. The van der Waals surface area contributed by atoms with E-state index in [4.69, 9.17) is 11.6 Å². The van der Waals surface area contributed by atoms with E-state index in [1.54, 1.807) is 24.3 Å². The van der Waals surface area contributed by atoms with Crippen LogP contribution in [-0.2, 0) is 11.2 Å². The van der Waals surface area contributed by atoms with Gasteiger partial charge in [0.05, 0.1) is 6.42 Å². The van der Waals surface area contributed by atoms with Crippen molar-refractivity contribution in [2.75, 3.05) is 12.4 Å². The number of hydrogen-bond acceptors (Lipinski definition) is 1. The average Bonchev–Trinajstić information content (AvgIpc) is 2.28. The van der Waals surface area contributed by atoms with Crippen molar-refractivity contribution in [2.24, 2.45) is 0 Å². The van der Waals surface area contributed by atoms with Crippen LogP contribution in [0.15, 0.2) is 36.4 Å². The molecule has 0 bridgehead atoms. The molecule has 0 unspecified atom stereocenters. The van der Waals surface area contributed by atoms with Gasteiger partial charge in [-0.25, -0.2) is 4.39 Å². The van der Waals surface area contributed by atoms with Crippen molar-refractivity contribution in [2.45, 2.75) is 6.42 Å². The summed E-state index contributed by atoms with van der Waals surface area (Å²) in [5, 5.41) is 2.70. The highest BCUT2D eigenvalue weighted by Gasteiger charge is 2.01. The van der Waals surface area contributed by atoms with E-state index < -0.39 is 0 Å². The fraction of sp³-hybridized carbons (Fsp3) is 0.250. The molecule has 1 N–H and O–H groups in total. The summed E-state index contributed by atoms with van der Waals surface area (Å²) in [6.07, 6.45) is 3.81. The zero-order valence-electron chi connectivity index (χ0n) is 8.75. The largest absolute Gasteiger partial charge is 0.352 e. The van der Waals surface area contributed by atoms with Crippen molar-refractivity contribution in [1.29, 1.82) is 0 Å². The highest BCUT2D eigenvalue weighted by atomic mass is 35.5. The molecule has 0 aromatic heterocycles. The van der Waals surface area contributed by atoms with E-state index in [0.717, 1.165) is 5.56 Å². The van der Waals surface area contributed by atoms with Crippen LogP contribution in [0.3, 0.4) is 0 Å². The van der Waals surface area contributed by atoms with Crippen LogP contribution in [0.5, 0.6) is 0 Å². The molecule has 16 heavy (non-hydrogen) atoms. The van der Waals surface area contributed by atoms with E-state index in [1.165, 1.54) is 12.1 Å². The maximum absolute atomic E-state index is 12.6. The molecule has 1 aromatic rings. The molecule has 86 valence electrons. The number of allylic oxidation sites excluding steroid dienone is 1. The van der Waals surface area contributed by atoms with Crippen molar-refractivity contribution >= 4 is 17.5 Å². The van der Waals surface area contributed by atoms with Crippen LogP contribution < -0.4 is 5.32 Å². The lowest BCUT2D eigenvalue weighted by Gasteiger charge is -2.02. The van der Waals surface area contributed by atoms with E-state index in [1.807, 2.05) is 0 Å². The van der Waals surface area contributed by atoms with Crippen molar-refractivity contribution < 1.29 is 9.18 Å². The number of carbonyl (C=O) groups excluding carboxylic acids is 1. The van der Waals surface area contributed by atoms with Gasteiger partial charge in [-0.3, -0.25) is 4.79 Å². The van der Waals surface area contributed by atoms with Crippen LogP contribution in [-0.4, -0.2) is 18.3 Å². The summed E-state index contributed by atoms with van der Waals surface area (Å²) in [6.45, 7) is 0.465. The molecule has 0 heterocycles. The third-order valence-corrected chi connectivity index (χ3v) is 2.13. The SMILES string of the molecule is O=C(Cc1ccc(F)cc1)NC/C=C/CCl. The van der Waals surface area contributed by atoms with Gasteiger partial charge >= 0.3 is 0 Å². The number of halogens is 2. The molecule has 0 fully saturated rings. The highest BCUT2D eigenvalue weighted by Crippen LogP contribution is 2.03. The molecule has 2 nitrogen and oxygen atoms in total. The van der Waals surface area contributed by atoms with Crippen LogP contribution in [0.25, 0.3) is 0 Å². The molecular formula is C12H13ClFNO. The monoisotopic (exact) mass is 241 g/mol. The molecule has 0 saturated carbocycles. The zero-order chi connectivity index (χ0) is 11.8. The van der Waals surface area contributed by atoms with E-state index in [0.29, 0.717) is 12.4 Å². The number of benzene rings is 1. The van der Waals surface area contributed by atoms with Crippen LogP contribution in [0.4, 0.5) is 4.39 Å². The van der Waals surface area contributed by atoms with E-state index >= 15 is 0 Å². The molecule has 1 rings (SSSR count). The number of rotatable bonds is 5. The Bertz CT molecular complexity index is 362. The van der Waals surface area contributed by atoms with E-state index in [-0.39, 0.29) is 18.1 Å². The molecule has 0 saturated heterocycles. The second-order valence-corrected chi connectivity index (χ2v) is 3.54. The Kier molecular flexibility index (Phi) is 5.57. The molecule has 0 spiro atoms. The minimum absolute atomic E-state index is 0.0918. The predicted molar refractivity (Wildman–Crippen MR) is 63.0 cm³/mol. The average molecular weight is 242 g/mol. The molecule has 0 radical (unpaired) electrons. The summed E-state index contributed by atoms with van der Waals surface area (Å²) < 4.78 is 12.6. The Balaban J connectivity index is 2.34. The zero-order valence-corrected chi connectivity index (χ0v) is 9.51. The number of hydrogen-bond donors (Lipinski definition) is 1. The smallest absolute Gasteiger partial charge is 0.224 e. The van der Waals surface area contributed by atoms with Crippen molar-refractivity contribution in [3.8, 4) is 0 Å². The van der Waals surface area contributed by atoms with Gasteiger partial charge in [-0.05, 0) is 17.7 Å². The Hall–Kier alpha value is -1.35. The van der Waals surface area contributed by atoms with Crippen molar-refractivity contribution in [3.63, 3.8) is 0 Å². The Morgan fingerprint density at radius 1 is 1.31 bits per heavy atom. The fourth-order valence-corrected chi connectivity index (χ4v) is 1.30. The van der Waals surface area contributed by atoms with Gasteiger partial charge in [0.1, 0.15) is 5.82 Å². The maximum atomic E-state index is 12.6. The minimum Gasteiger partial charge on any atom is -0.352 e. The standard InChI is InChI=1S/C12H13ClFNO/c13-7-1-2-8-15-12(16)9-10-3-5-11(14)6-4-10/h1-6H,7-9H2,(H,15,16)/b2-1+. The molecule has 0 atom stereocenters. The maximum Gasteiger partial charge on any atom is 0.224 e. The topological polar surface area (TPSA) is 29.1 Å². The van der Waals surface area contributed by atoms with Gasteiger partial charge in [0.25, 0.3) is 0 Å². The summed E-state index contributed by atoms with van der Waals surface area (Å²) >= 11 is 5.43. The molecule has 0 aliphatic carbocycles. The first-order valence-corrected chi connectivity index (χ1v) is 5.48. The predicted octanol–water partition coefficient (Wildman–Crippen LogP) is 2.28. The lowest BCUT2D eigenvalue weighted by molar-refractivity contribution is -0.120. The summed E-state index contributed by atoms with van der Waals surface area (Å²) in [4.78, 5) is 11.4. The first-order valence-electron chi connectivity index (χ1n) is 4.94. The molecule has 1 amide bonds. The molecule has 0 aliphatic rings. The van der Waals surface area contributed by atoms with Gasteiger partial charge in [-0.1, -0.05) is 24.3 Å². The summed E-state index contributed by atoms with van der Waals surface area (Å²) in [7, 11) is 0. The van der Waals surface area contributed by atoms with Crippen molar-refractivity contribution in [1.82, 2.24) is 5.32 Å². The lowest BCUT2D eigenvalue weighted by Crippen LogP contribution is -2.25. The van der Waals surface area contributed by atoms with E-state index in [9.17, 15) is 9.18 Å².